The van der Waals surface area contributed by atoms with Gasteiger partial charge in [0, 0.05) is 27.9 Å². The average Bonchev–Trinajstić information content (AvgIpc) is 3.29. The molecule has 4 heteroatoms. The van der Waals surface area contributed by atoms with Gasteiger partial charge >= 0.3 is 5.97 Å². The molecule has 0 bridgehead atoms. The van der Waals surface area contributed by atoms with Gasteiger partial charge in [0.2, 0.25) is 0 Å². The molecule has 1 N–H and O–H groups in total. The van der Waals surface area contributed by atoms with E-state index in [0.29, 0.717) is 11.7 Å². The lowest BCUT2D eigenvalue weighted by Gasteiger charge is -2.70. The van der Waals surface area contributed by atoms with Crippen molar-refractivity contribution in [2.45, 2.75) is 105 Å². The van der Waals surface area contributed by atoms with Crippen LogP contribution >= 0.6 is 0 Å². The largest absolute Gasteiger partial charge is 0.469 e. The number of allylic oxidation sites excluding steroid dienone is 2. The lowest BCUT2D eigenvalue weighted by Crippen LogP contribution is -2.66. The topological polar surface area (TPSA) is 59.2 Å². The number of hydrogen-bond donors (Lipinski definition) is 1. The number of benzene rings is 1. The first kappa shape index (κ1) is 27.5. The van der Waals surface area contributed by atoms with Crippen LogP contribution in [0, 0.1) is 44.8 Å². The maximum Gasteiger partial charge on any atom is 0.311 e. The Balaban J connectivity index is 1.37. The van der Waals surface area contributed by atoms with Crippen molar-refractivity contribution in [3.8, 4) is 0 Å². The second-order valence-electron chi connectivity index (χ2n) is 16.7. The number of carbonyl (C=O) groups excluding carboxylic acids is 2. The number of para-hydroxylation sites is 1. The van der Waals surface area contributed by atoms with E-state index in [2.05, 4.69) is 83.8 Å². The Morgan fingerprint density at radius 2 is 1.66 bits per heavy atom. The molecular weight excluding hydrogens is 506 g/mol. The third-order valence-corrected chi connectivity index (χ3v) is 14.4. The van der Waals surface area contributed by atoms with Crippen LogP contribution in [-0.2, 0) is 26.2 Å². The van der Waals surface area contributed by atoms with Gasteiger partial charge in [-0.2, -0.15) is 0 Å². The van der Waals surface area contributed by atoms with Crippen LogP contribution in [0.5, 0.6) is 0 Å². The van der Waals surface area contributed by atoms with E-state index in [1.54, 1.807) is 0 Å². The number of ether oxygens (including phenoxy) is 1. The van der Waals surface area contributed by atoms with Crippen molar-refractivity contribution in [3.05, 3.63) is 47.2 Å². The standard InChI is InChI=1S/C37H49NO3/c1-32(2)28-13-14-37(7)29(35(28,5)20-23-22-11-9-10-12-26(22)38-30(23)32)27(39)19-24-25-21-34(4,31(40)41-8)16-15-33(25,3)17-18-36(24,37)6/h9-12,19,25,28-29,38H,13-18,20-21H2,1-8H3/t25-,28+,29-,33-,34+,35-,36+,37-/m1/s1. The molecule has 3 fully saturated rings. The minimum absolute atomic E-state index is 0.0106. The van der Waals surface area contributed by atoms with Crippen molar-refractivity contribution in [1.29, 1.82) is 0 Å². The quantitative estimate of drug-likeness (QED) is 0.360. The molecule has 0 unspecified atom stereocenters. The molecule has 1 aromatic heterocycles. The van der Waals surface area contributed by atoms with Gasteiger partial charge < -0.3 is 9.72 Å². The van der Waals surface area contributed by atoms with Crippen LogP contribution in [0.25, 0.3) is 10.9 Å². The summed E-state index contributed by atoms with van der Waals surface area (Å²) in [7, 11) is 1.52. The molecule has 7 rings (SSSR count). The minimum Gasteiger partial charge on any atom is -0.469 e. The van der Waals surface area contributed by atoms with Gasteiger partial charge in [0.1, 0.15) is 0 Å². The maximum atomic E-state index is 14.8. The maximum absolute atomic E-state index is 14.8. The lowest BCUT2D eigenvalue weighted by atomic mass is 9.33. The number of methoxy groups -OCH3 is 1. The number of aromatic nitrogens is 1. The monoisotopic (exact) mass is 555 g/mol. The van der Waals surface area contributed by atoms with Crippen LogP contribution in [-0.4, -0.2) is 23.8 Å². The van der Waals surface area contributed by atoms with Gasteiger partial charge in [-0.25, -0.2) is 0 Å². The summed E-state index contributed by atoms with van der Waals surface area (Å²) >= 11 is 0. The molecule has 0 aliphatic heterocycles. The highest BCUT2D eigenvalue weighted by Gasteiger charge is 2.70. The molecule has 1 aromatic carbocycles. The summed E-state index contributed by atoms with van der Waals surface area (Å²) in [5.41, 5.74) is 4.72. The van der Waals surface area contributed by atoms with Crippen molar-refractivity contribution >= 4 is 22.7 Å². The fourth-order valence-corrected chi connectivity index (χ4v) is 11.9. The minimum atomic E-state index is -0.485. The number of esters is 1. The molecule has 8 atom stereocenters. The third-order valence-electron chi connectivity index (χ3n) is 14.4. The summed E-state index contributed by atoms with van der Waals surface area (Å²) in [5.74, 6) is 0.923. The zero-order valence-corrected chi connectivity index (χ0v) is 26.5. The Bertz CT molecular complexity index is 1510. The van der Waals surface area contributed by atoms with E-state index in [4.69, 9.17) is 4.74 Å². The molecule has 4 nitrogen and oxygen atoms in total. The second kappa shape index (κ2) is 8.17. The fourth-order valence-electron chi connectivity index (χ4n) is 11.9. The van der Waals surface area contributed by atoms with Gasteiger partial charge in [-0.3, -0.25) is 9.59 Å². The second-order valence-corrected chi connectivity index (χ2v) is 16.7. The first-order valence-electron chi connectivity index (χ1n) is 16.1. The number of rotatable bonds is 1. The van der Waals surface area contributed by atoms with Crippen molar-refractivity contribution in [2.75, 3.05) is 7.11 Å². The molecule has 5 aliphatic rings. The predicted octanol–water partition coefficient (Wildman–Crippen LogP) is 8.34. The van der Waals surface area contributed by atoms with E-state index in [1.807, 2.05) is 0 Å². The van der Waals surface area contributed by atoms with Gasteiger partial charge in [-0.1, -0.05) is 65.3 Å². The van der Waals surface area contributed by atoms with E-state index in [-0.39, 0.29) is 44.9 Å². The van der Waals surface area contributed by atoms with Gasteiger partial charge in [-0.15, -0.1) is 0 Å². The van der Waals surface area contributed by atoms with E-state index < -0.39 is 5.41 Å². The van der Waals surface area contributed by atoms with Crippen LogP contribution < -0.4 is 0 Å². The summed E-state index contributed by atoms with van der Waals surface area (Å²) in [4.78, 5) is 31.6. The number of fused-ring (bicyclic) bond motifs is 10. The molecule has 41 heavy (non-hydrogen) atoms. The zero-order chi connectivity index (χ0) is 29.4. The highest BCUT2D eigenvalue weighted by atomic mass is 16.5. The number of H-pyrrole nitrogens is 1. The molecule has 0 saturated heterocycles. The first-order chi connectivity index (χ1) is 19.1. The third kappa shape index (κ3) is 3.23. The Morgan fingerprint density at radius 1 is 0.951 bits per heavy atom. The Morgan fingerprint density at radius 3 is 2.39 bits per heavy atom. The number of aromatic amines is 1. The highest BCUT2D eigenvalue weighted by molar-refractivity contribution is 5.96. The summed E-state index contributed by atoms with van der Waals surface area (Å²) < 4.78 is 5.31. The number of carbonyl (C=O) groups is 2. The van der Waals surface area contributed by atoms with Crippen molar-refractivity contribution in [2.24, 2.45) is 44.8 Å². The Kier molecular flexibility index (Phi) is 5.47. The Labute approximate surface area is 246 Å². The van der Waals surface area contributed by atoms with Gasteiger partial charge in [-0.05, 0) is 109 Å². The van der Waals surface area contributed by atoms with E-state index in [1.165, 1.54) is 34.8 Å². The van der Waals surface area contributed by atoms with E-state index in [0.717, 1.165) is 51.4 Å². The molecule has 1 heterocycles. The molecule has 2 aromatic rings. The summed E-state index contributed by atoms with van der Waals surface area (Å²) in [6, 6.07) is 8.73. The Hall–Kier alpha value is -2.36. The van der Waals surface area contributed by atoms with Crippen LogP contribution in [0.15, 0.2) is 35.9 Å². The van der Waals surface area contributed by atoms with Crippen molar-refractivity contribution in [3.63, 3.8) is 0 Å². The SMILES string of the molecule is COC(=O)[C@@]1(C)CC[C@]2(C)CC[C@@]3(C)C(=CC(=O)[C@@H]4[C@]5(C)Cc6c([nH]c7ccccc67)C(C)(C)[C@@H]5CC[C@]43C)[C@H]2C1. The van der Waals surface area contributed by atoms with Crippen LogP contribution in [0.3, 0.4) is 0 Å². The molecular formula is C37H49NO3. The number of nitrogens with one attached hydrogen (secondary N) is 1. The van der Waals surface area contributed by atoms with Crippen molar-refractivity contribution < 1.29 is 14.3 Å². The smallest absolute Gasteiger partial charge is 0.311 e. The van der Waals surface area contributed by atoms with E-state index >= 15 is 0 Å². The van der Waals surface area contributed by atoms with Crippen molar-refractivity contribution in [1.82, 2.24) is 4.98 Å². The predicted molar refractivity (Wildman–Crippen MR) is 163 cm³/mol. The molecule has 5 aliphatic carbocycles. The van der Waals surface area contributed by atoms with Gasteiger partial charge in [0.15, 0.2) is 5.78 Å². The molecule has 0 spiro atoms. The van der Waals surface area contributed by atoms with E-state index in [9.17, 15) is 9.59 Å². The molecule has 220 valence electrons. The molecule has 0 amide bonds. The zero-order valence-electron chi connectivity index (χ0n) is 26.5. The van der Waals surface area contributed by atoms with Gasteiger partial charge in [0.25, 0.3) is 0 Å². The summed E-state index contributed by atoms with van der Waals surface area (Å²) in [5, 5.41) is 1.32. The fraction of sp³-hybridized carbons (Fsp3) is 0.676. The molecule has 0 radical (unpaired) electrons. The molecule has 3 saturated carbocycles. The highest BCUT2D eigenvalue weighted by Crippen LogP contribution is 2.75. The lowest BCUT2D eigenvalue weighted by molar-refractivity contribution is -0.174. The summed E-state index contributed by atoms with van der Waals surface area (Å²) in [6.07, 6.45) is 10.3. The van der Waals surface area contributed by atoms with Gasteiger partial charge in [0.05, 0.1) is 12.5 Å². The normalized spacial score (nSPS) is 44.5. The van der Waals surface area contributed by atoms with Crippen LogP contribution in [0.2, 0.25) is 0 Å². The summed E-state index contributed by atoms with van der Waals surface area (Å²) in [6.45, 7) is 16.8. The van der Waals surface area contributed by atoms with Crippen LogP contribution in [0.4, 0.5) is 0 Å². The number of ketones is 1. The van der Waals surface area contributed by atoms with Crippen LogP contribution in [0.1, 0.15) is 105 Å². The number of hydrogen-bond acceptors (Lipinski definition) is 3. The average molecular weight is 556 g/mol. The first-order valence-corrected chi connectivity index (χ1v) is 16.1.